The Labute approximate surface area is 129 Å². The molecule has 0 unspecified atom stereocenters. The number of aromatic hydroxyl groups is 2. The lowest BCUT2D eigenvalue weighted by molar-refractivity contribution is -0.117. The van der Waals surface area contributed by atoms with Crippen molar-refractivity contribution in [1.29, 1.82) is 0 Å². The van der Waals surface area contributed by atoms with Crippen molar-refractivity contribution in [2.45, 2.75) is 12.8 Å². The van der Waals surface area contributed by atoms with Gasteiger partial charge in [0.05, 0.1) is 0 Å². The van der Waals surface area contributed by atoms with Gasteiger partial charge in [-0.2, -0.15) is 0 Å². The normalized spacial score (nSPS) is 10.2. The Morgan fingerprint density at radius 1 is 0.773 bits per heavy atom. The second-order valence-corrected chi connectivity index (χ2v) is 5.13. The van der Waals surface area contributed by atoms with Crippen LogP contribution in [0.1, 0.15) is 24.0 Å². The van der Waals surface area contributed by atoms with Crippen molar-refractivity contribution >= 4 is 16.9 Å². The van der Waals surface area contributed by atoms with E-state index in [4.69, 9.17) is 0 Å². The van der Waals surface area contributed by atoms with E-state index < -0.39 is 0 Å². The third kappa shape index (κ3) is 3.64. The average Bonchev–Trinajstić information content (AvgIpc) is 2.47. The molecule has 2 rings (SSSR count). The Kier molecular flexibility index (Phi) is 4.79. The van der Waals surface area contributed by atoms with Gasteiger partial charge in [-0.15, -0.1) is 0 Å². The van der Waals surface area contributed by atoms with Gasteiger partial charge < -0.3 is 10.2 Å². The minimum Gasteiger partial charge on any atom is -0.507 e. The summed E-state index contributed by atoms with van der Waals surface area (Å²) in [7, 11) is 0. The third-order valence-corrected chi connectivity index (χ3v) is 3.39. The molecule has 0 heterocycles. The van der Waals surface area contributed by atoms with Gasteiger partial charge in [0, 0.05) is 24.0 Å². The first-order chi connectivity index (χ1) is 10.5. The molecule has 112 valence electrons. The van der Waals surface area contributed by atoms with E-state index >= 15 is 0 Å². The quantitative estimate of drug-likeness (QED) is 0.840. The number of phenolic OH excluding ortho intramolecular Hbond substituents is 2. The molecular formula is C19H18O3. The number of carbonyl (C=O) groups is 1. The highest BCUT2D eigenvalue weighted by atomic mass is 16.3. The average molecular weight is 294 g/mol. The highest BCUT2D eigenvalue weighted by Crippen LogP contribution is 2.29. The van der Waals surface area contributed by atoms with E-state index in [0.717, 1.165) is 0 Å². The summed E-state index contributed by atoms with van der Waals surface area (Å²) in [6.45, 7) is 7.73. The molecular weight excluding hydrogens is 276 g/mol. The van der Waals surface area contributed by atoms with E-state index in [1.807, 2.05) is 0 Å². The zero-order valence-corrected chi connectivity index (χ0v) is 12.2. The first kappa shape index (κ1) is 15.6. The molecule has 2 aromatic carbocycles. The van der Waals surface area contributed by atoms with E-state index in [0.29, 0.717) is 22.3 Å². The molecule has 0 atom stereocenters. The molecule has 2 aromatic rings. The molecule has 3 nitrogen and oxygen atoms in total. The summed E-state index contributed by atoms with van der Waals surface area (Å²) in [5.41, 5.74) is 2.27. The predicted octanol–water partition coefficient (Wildman–Crippen LogP) is 4.17. The zero-order valence-electron chi connectivity index (χ0n) is 12.2. The standard InChI is InChI=1S/C19H18O3/c1-13(16-7-3-5-9-18(16)21)11-15(20)12-14(2)17-8-4-6-10-19(17)22/h3-10,21-22H,1-2,11-12H2. The number of hydrogen-bond acceptors (Lipinski definition) is 3. The van der Waals surface area contributed by atoms with Crippen molar-refractivity contribution in [2.24, 2.45) is 0 Å². The number of hydrogen-bond donors (Lipinski definition) is 2. The number of benzene rings is 2. The lowest BCUT2D eigenvalue weighted by Gasteiger charge is -2.10. The number of carbonyl (C=O) groups excluding carboxylic acids is 1. The SMILES string of the molecule is C=C(CC(=O)CC(=C)c1ccccc1O)c1ccccc1O. The highest BCUT2D eigenvalue weighted by molar-refractivity contribution is 5.96. The van der Waals surface area contributed by atoms with Crippen LogP contribution in [-0.2, 0) is 4.79 Å². The van der Waals surface area contributed by atoms with Crippen LogP contribution in [0.15, 0.2) is 61.7 Å². The molecule has 0 bridgehead atoms. The van der Waals surface area contributed by atoms with Crippen LogP contribution in [0, 0.1) is 0 Å². The fourth-order valence-electron chi connectivity index (χ4n) is 2.27. The summed E-state index contributed by atoms with van der Waals surface area (Å²) in [4.78, 5) is 12.1. The first-order valence-corrected chi connectivity index (χ1v) is 6.93. The molecule has 2 N–H and O–H groups in total. The maximum atomic E-state index is 12.1. The Morgan fingerprint density at radius 3 is 1.50 bits per heavy atom. The molecule has 0 aromatic heterocycles. The van der Waals surface area contributed by atoms with E-state index in [2.05, 4.69) is 13.2 Å². The van der Waals surface area contributed by atoms with Gasteiger partial charge in [-0.1, -0.05) is 49.6 Å². The van der Waals surface area contributed by atoms with E-state index in [1.165, 1.54) is 0 Å². The molecule has 22 heavy (non-hydrogen) atoms. The molecule has 0 amide bonds. The van der Waals surface area contributed by atoms with Crippen molar-refractivity contribution in [3.63, 3.8) is 0 Å². The third-order valence-electron chi connectivity index (χ3n) is 3.39. The first-order valence-electron chi connectivity index (χ1n) is 6.93. The topological polar surface area (TPSA) is 57.5 Å². The van der Waals surface area contributed by atoms with Crippen LogP contribution in [0.5, 0.6) is 11.5 Å². The minimum absolute atomic E-state index is 0.0680. The highest BCUT2D eigenvalue weighted by Gasteiger charge is 2.13. The van der Waals surface area contributed by atoms with Gasteiger partial charge in [0.25, 0.3) is 0 Å². The zero-order chi connectivity index (χ0) is 16.1. The Balaban J connectivity index is 2.02. The van der Waals surface area contributed by atoms with Gasteiger partial charge >= 0.3 is 0 Å². The number of Topliss-reactive ketones (excluding diaryl/α,β-unsaturated/α-hetero) is 1. The maximum Gasteiger partial charge on any atom is 0.141 e. The van der Waals surface area contributed by atoms with E-state index in [1.54, 1.807) is 48.5 Å². The van der Waals surface area contributed by atoms with Crippen LogP contribution in [0.25, 0.3) is 11.1 Å². The fourth-order valence-corrected chi connectivity index (χ4v) is 2.27. The lowest BCUT2D eigenvalue weighted by atomic mass is 9.95. The predicted molar refractivity (Wildman–Crippen MR) is 88.5 cm³/mol. The van der Waals surface area contributed by atoms with Crippen LogP contribution >= 0.6 is 0 Å². The summed E-state index contributed by atoms with van der Waals surface area (Å²) < 4.78 is 0. The van der Waals surface area contributed by atoms with Crippen LogP contribution in [0.2, 0.25) is 0 Å². The second-order valence-electron chi connectivity index (χ2n) is 5.13. The number of phenols is 2. The van der Waals surface area contributed by atoms with Gasteiger partial charge in [-0.3, -0.25) is 4.79 Å². The number of ketones is 1. The minimum atomic E-state index is -0.0680. The summed E-state index contributed by atoms with van der Waals surface area (Å²) >= 11 is 0. The summed E-state index contributed by atoms with van der Waals surface area (Å²) in [5, 5.41) is 19.5. The number of allylic oxidation sites excluding steroid dienone is 2. The molecule has 0 fully saturated rings. The molecule has 0 saturated carbocycles. The van der Waals surface area contributed by atoms with Crippen molar-refractivity contribution in [3.8, 4) is 11.5 Å². The Bertz CT molecular complexity index is 667. The van der Waals surface area contributed by atoms with Gasteiger partial charge in [0.2, 0.25) is 0 Å². The monoisotopic (exact) mass is 294 g/mol. The van der Waals surface area contributed by atoms with Gasteiger partial charge in [0.1, 0.15) is 17.3 Å². The smallest absolute Gasteiger partial charge is 0.141 e. The van der Waals surface area contributed by atoms with E-state index in [-0.39, 0.29) is 30.1 Å². The van der Waals surface area contributed by atoms with Crippen LogP contribution < -0.4 is 0 Å². The van der Waals surface area contributed by atoms with Crippen molar-refractivity contribution < 1.29 is 15.0 Å². The molecule has 0 aliphatic rings. The van der Waals surface area contributed by atoms with Crippen molar-refractivity contribution in [3.05, 3.63) is 72.8 Å². The molecule has 3 heteroatoms. The molecule has 0 aliphatic carbocycles. The van der Waals surface area contributed by atoms with Gasteiger partial charge in [0.15, 0.2) is 0 Å². The summed E-state index contributed by atoms with van der Waals surface area (Å²) in [5.74, 6) is 0.154. The van der Waals surface area contributed by atoms with Gasteiger partial charge in [-0.25, -0.2) is 0 Å². The lowest BCUT2D eigenvalue weighted by Crippen LogP contribution is -2.00. The fraction of sp³-hybridized carbons (Fsp3) is 0.105. The van der Waals surface area contributed by atoms with Crippen LogP contribution in [-0.4, -0.2) is 16.0 Å². The maximum absolute atomic E-state index is 12.1. The summed E-state index contributed by atoms with van der Waals surface area (Å²) in [6, 6.07) is 13.6. The van der Waals surface area contributed by atoms with Crippen molar-refractivity contribution in [2.75, 3.05) is 0 Å². The Morgan fingerprint density at radius 2 is 1.14 bits per heavy atom. The largest absolute Gasteiger partial charge is 0.507 e. The second kappa shape index (κ2) is 6.76. The molecule has 0 saturated heterocycles. The molecule has 0 radical (unpaired) electrons. The van der Waals surface area contributed by atoms with Crippen molar-refractivity contribution in [1.82, 2.24) is 0 Å². The van der Waals surface area contributed by atoms with Gasteiger partial charge in [-0.05, 0) is 23.3 Å². The van der Waals surface area contributed by atoms with Crippen LogP contribution in [0.4, 0.5) is 0 Å². The molecule has 0 aliphatic heterocycles. The molecule has 0 spiro atoms. The summed E-state index contributed by atoms with van der Waals surface area (Å²) in [6.07, 6.45) is 0.258. The van der Waals surface area contributed by atoms with Crippen LogP contribution in [0.3, 0.4) is 0 Å². The van der Waals surface area contributed by atoms with E-state index in [9.17, 15) is 15.0 Å². The number of rotatable bonds is 6. The number of para-hydroxylation sites is 2. The Hall–Kier alpha value is -2.81.